The Hall–Kier alpha value is -0.610. The van der Waals surface area contributed by atoms with Crippen molar-refractivity contribution in [1.29, 1.82) is 0 Å². The Morgan fingerprint density at radius 2 is 1.82 bits per heavy atom. The standard InChI is InChI=1S/C13H27N3O/c1-13(2,3)17-10-12(16-14)15-11-8-6-4-5-7-9-11/h11H,4-10,14H2,1-3H3,(H,15,16). The molecule has 1 aliphatic carbocycles. The smallest absolute Gasteiger partial charge is 0.137 e. The molecule has 0 atom stereocenters. The molecule has 4 heteroatoms. The van der Waals surface area contributed by atoms with E-state index in [1.165, 1.54) is 38.5 Å². The van der Waals surface area contributed by atoms with Crippen molar-refractivity contribution in [1.82, 2.24) is 5.43 Å². The zero-order chi connectivity index (χ0) is 12.7. The Kier molecular flexibility index (Phi) is 5.92. The summed E-state index contributed by atoms with van der Waals surface area (Å²) in [5, 5.41) is 0. The summed E-state index contributed by atoms with van der Waals surface area (Å²) in [6, 6.07) is 0.423. The molecular weight excluding hydrogens is 214 g/mol. The minimum absolute atomic E-state index is 0.152. The second-order valence-electron chi connectivity index (χ2n) is 5.77. The van der Waals surface area contributed by atoms with E-state index in [0.29, 0.717) is 12.6 Å². The zero-order valence-corrected chi connectivity index (χ0v) is 11.5. The first-order valence-electron chi connectivity index (χ1n) is 6.68. The van der Waals surface area contributed by atoms with Crippen molar-refractivity contribution in [3.8, 4) is 0 Å². The fraction of sp³-hybridized carbons (Fsp3) is 0.923. The number of rotatable bonds is 3. The van der Waals surface area contributed by atoms with Crippen LogP contribution in [0.4, 0.5) is 0 Å². The van der Waals surface area contributed by atoms with Crippen LogP contribution in [0.2, 0.25) is 0 Å². The Morgan fingerprint density at radius 3 is 2.29 bits per heavy atom. The van der Waals surface area contributed by atoms with E-state index in [1.54, 1.807) is 0 Å². The second kappa shape index (κ2) is 6.97. The van der Waals surface area contributed by atoms with Gasteiger partial charge in [-0.2, -0.15) is 0 Å². The molecule has 1 fully saturated rings. The predicted molar refractivity (Wildman–Crippen MR) is 72.0 cm³/mol. The topological polar surface area (TPSA) is 59.6 Å². The molecule has 0 spiro atoms. The van der Waals surface area contributed by atoms with E-state index in [4.69, 9.17) is 10.6 Å². The lowest BCUT2D eigenvalue weighted by atomic mass is 10.1. The first-order valence-corrected chi connectivity index (χ1v) is 6.68. The van der Waals surface area contributed by atoms with Crippen LogP contribution in [0.25, 0.3) is 0 Å². The molecule has 1 saturated carbocycles. The van der Waals surface area contributed by atoms with Crippen LogP contribution in [0.1, 0.15) is 59.3 Å². The van der Waals surface area contributed by atoms with E-state index in [-0.39, 0.29) is 5.60 Å². The van der Waals surface area contributed by atoms with Gasteiger partial charge in [0.25, 0.3) is 0 Å². The molecular formula is C13H27N3O. The summed E-state index contributed by atoms with van der Waals surface area (Å²) in [5.41, 5.74) is 2.52. The summed E-state index contributed by atoms with van der Waals surface area (Å²) < 4.78 is 5.68. The predicted octanol–water partition coefficient (Wildman–Crippen LogP) is 2.39. The van der Waals surface area contributed by atoms with E-state index < -0.39 is 0 Å². The number of hydrogen-bond donors (Lipinski definition) is 2. The third-order valence-corrected chi connectivity index (χ3v) is 2.97. The molecule has 1 aliphatic rings. The minimum atomic E-state index is -0.152. The van der Waals surface area contributed by atoms with Crippen LogP contribution in [0.3, 0.4) is 0 Å². The number of aliphatic imine (C=N–C) groups is 1. The van der Waals surface area contributed by atoms with Crippen molar-refractivity contribution in [2.45, 2.75) is 70.9 Å². The zero-order valence-electron chi connectivity index (χ0n) is 11.5. The van der Waals surface area contributed by atoms with E-state index in [1.807, 2.05) is 20.8 Å². The van der Waals surface area contributed by atoms with E-state index >= 15 is 0 Å². The fourth-order valence-electron chi connectivity index (χ4n) is 2.01. The van der Waals surface area contributed by atoms with E-state index in [0.717, 1.165) is 5.84 Å². The highest BCUT2D eigenvalue weighted by molar-refractivity contribution is 5.83. The number of ether oxygens (including phenoxy) is 1. The van der Waals surface area contributed by atoms with Gasteiger partial charge in [0.05, 0.1) is 11.6 Å². The molecule has 0 unspecified atom stereocenters. The van der Waals surface area contributed by atoms with Crippen LogP contribution in [-0.2, 0) is 4.74 Å². The van der Waals surface area contributed by atoms with Gasteiger partial charge in [0.2, 0.25) is 0 Å². The average molecular weight is 241 g/mol. The molecule has 0 saturated heterocycles. The van der Waals surface area contributed by atoms with Gasteiger partial charge < -0.3 is 10.2 Å². The third-order valence-electron chi connectivity index (χ3n) is 2.97. The van der Waals surface area contributed by atoms with Crippen molar-refractivity contribution in [3.63, 3.8) is 0 Å². The maximum atomic E-state index is 5.68. The Morgan fingerprint density at radius 1 is 1.24 bits per heavy atom. The van der Waals surface area contributed by atoms with Gasteiger partial charge in [0.1, 0.15) is 12.4 Å². The van der Waals surface area contributed by atoms with Gasteiger partial charge >= 0.3 is 0 Å². The fourth-order valence-corrected chi connectivity index (χ4v) is 2.01. The summed E-state index contributed by atoms with van der Waals surface area (Å²) in [6.07, 6.45) is 7.62. The quantitative estimate of drug-likeness (QED) is 0.262. The molecule has 0 amide bonds. The number of hydrazine groups is 1. The number of nitrogens with two attached hydrogens (primary N) is 1. The van der Waals surface area contributed by atoms with Crippen LogP contribution >= 0.6 is 0 Å². The Balaban J connectivity index is 2.46. The van der Waals surface area contributed by atoms with Gasteiger partial charge in [-0.1, -0.05) is 25.7 Å². The number of nitrogens with one attached hydrogen (secondary N) is 1. The van der Waals surface area contributed by atoms with Crippen molar-refractivity contribution >= 4 is 5.84 Å². The molecule has 0 aliphatic heterocycles. The molecule has 3 N–H and O–H groups in total. The molecule has 17 heavy (non-hydrogen) atoms. The maximum absolute atomic E-state index is 5.68. The maximum Gasteiger partial charge on any atom is 0.137 e. The average Bonchev–Trinajstić information content (AvgIpc) is 2.51. The highest BCUT2D eigenvalue weighted by atomic mass is 16.5. The SMILES string of the molecule is CC(C)(C)OCC(=NC1CCCCCC1)NN. The Bertz CT molecular complexity index is 238. The Labute approximate surface area is 105 Å². The van der Waals surface area contributed by atoms with Crippen molar-refractivity contribution in [2.75, 3.05) is 6.61 Å². The van der Waals surface area contributed by atoms with Crippen LogP contribution < -0.4 is 11.3 Å². The molecule has 0 aromatic rings. The summed E-state index contributed by atoms with van der Waals surface area (Å²) in [7, 11) is 0. The van der Waals surface area contributed by atoms with Gasteiger partial charge in [0, 0.05) is 0 Å². The van der Waals surface area contributed by atoms with Gasteiger partial charge in [-0.15, -0.1) is 0 Å². The number of hydrogen-bond acceptors (Lipinski definition) is 3. The lowest BCUT2D eigenvalue weighted by Gasteiger charge is -2.21. The van der Waals surface area contributed by atoms with Gasteiger partial charge in [0.15, 0.2) is 0 Å². The summed E-state index contributed by atoms with van der Waals surface area (Å²) >= 11 is 0. The highest BCUT2D eigenvalue weighted by Gasteiger charge is 2.14. The monoisotopic (exact) mass is 241 g/mol. The molecule has 100 valence electrons. The van der Waals surface area contributed by atoms with Crippen molar-refractivity contribution in [3.05, 3.63) is 0 Å². The third kappa shape index (κ3) is 6.64. The number of amidine groups is 1. The number of nitrogens with zero attached hydrogens (tertiary/aromatic N) is 1. The van der Waals surface area contributed by atoms with Crippen LogP contribution in [0, 0.1) is 0 Å². The van der Waals surface area contributed by atoms with E-state index in [2.05, 4.69) is 10.4 Å². The van der Waals surface area contributed by atoms with Crippen LogP contribution in [-0.4, -0.2) is 24.1 Å². The van der Waals surface area contributed by atoms with Gasteiger partial charge in [-0.3, -0.25) is 4.99 Å². The lowest BCUT2D eigenvalue weighted by molar-refractivity contribution is 0.0201. The van der Waals surface area contributed by atoms with Crippen LogP contribution in [0.5, 0.6) is 0 Å². The first kappa shape index (κ1) is 14.5. The van der Waals surface area contributed by atoms with Crippen molar-refractivity contribution in [2.24, 2.45) is 10.8 Å². The summed E-state index contributed by atoms with van der Waals surface area (Å²) in [5.74, 6) is 6.27. The molecule has 4 nitrogen and oxygen atoms in total. The largest absolute Gasteiger partial charge is 0.368 e. The summed E-state index contributed by atoms with van der Waals surface area (Å²) in [6.45, 7) is 6.57. The molecule has 0 aromatic carbocycles. The summed E-state index contributed by atoms with van der Waals surface area (Å²) in [4.78, 5) is 4.67. The van der Waals surface area contributed by atoms with E-state index in [9.17, 15) is 0 Å². The van der Waals surface area contributed by atoms with Crippen LogP contribution in [0.15, 0.2) is 4.99 Å². The van der Waals surface area contributed by atoms with Gasteiger partial charge in [-0.05, 0) is 33.6 Å². The molecule has 0 heterocycles. The molecule has 0 bridgehead atoms. The molecule has 0 radical (unpaired) electrons. The minimum Gasteiger partial charge on any atom is -0.368 e. The first-order chi connectivity index (χ1) is 8.01. The molecule has 0 aromatic heterocycles. The highest BCUT2D eigenvalue weighted by Crippen LogP contribution is 2.19. The van der Waals surface area contributed by atoms with Gasteiger partial charge in [-0.25, -0.2) is 5.84 Å². The normalized spacial score (nSPS) is 20.1. The lowest BCUT2D eigenvalue weighted by Crippen LogP contribution is -2.37. The second-order valence-corrected chi connectivity index (χ2v) is 5.77. The molecule has 1 rings (SSSR count). The van der Waals surface area contributed by atoms with Crippen molar-refractivity contribution < 1.29 is 4.74 Å².